The highest BCUT2D eigenvalue weighted by atomic mass is 31.1. The third-order valence-corrected chi connectivity index (χ3v) is 19.4. The highest BCUT2D eigenvalue weighted by Gasteiger charge is 2.52. The second kappa shape index (κ2) is 17.5. The van der Waals surface area contributed by atoms with Gasteiger partial charge in [0.25, 0.3) is 22.2 Å². The summed E-state index contributed by atoms with van der Waals surface area (Å²) >= 11 is 0. The Labute approximate surface area is 407 Å². The van der Waals surface area contributed by atoms with Gasteiger partial charge in [0.05, 0.1) is 43.8 Å². The second-order valence-corrected chi connectivity index (χ2v) is 21.6. The maximum atomic E-state index is 15.5. The quantitative estimate of drug-likeness (QED) is 0.0991. The Morgan fingerprint density at radius 3 is 0.819 bits per heavy atom. The van der Waals surface area contributed by atoms with Crippen molar-refractivity contribution in [3.05, 3.63) is 256 Å². The first kappa shape index (κ1) is 45.6. The standard InChI is InChI=1S/C54H36N4O12P2/c59-43-29-15-1-3-17-31(29)45(61)57-49(35-21-7-9-23-37(35)51(63)64)71(41-27-13-11-25-39(41)53(67)68)47(55(43)57)33-19-5-6-20-34(33)48-56-44(60)30-16-2-4-18-32(30)46(62)58(56)50(36-22-8-10-24-38(36)52(65)66)72(48)42-28-14-12-26-40(42)54(69)70/h1-28,47-50H,(H,63,64)(H,65,66)(H,67,68)(H,69,70)/t47-,48-,49?,50?,71?,72?/m1/s1. The molecule has 2 aromatic heterocycles. The van der Waals surface area contributed by atoms with Gasteiger partial charge in [0, 0.05) is 0 Å². The van der Waals surface area contributed by atoms with Gasteiger partial charge in [-0.15, -0.1) is 0 Å². The molecule has 0 saturated heterocycles. The zero-order chi connectivity index (χ0) is 50.3. The molecule has 4 unspecified atom stereocenters. The van der Waals surface area contributed by atoms with Crippen molar-refractivity contribution in [2.24, 2.45) is 0 Å². The van der Waals surface area contributed by atoms with Crippen LogP contribution in [-0.4, -0.2) is 63.0 Å². The van der Waals surface area contributed by atoms with Gasteiger partial charge >= 0.3 is 23.9 Å². The van der Waals surface area contributed by atoms with E-state index in [9.17, 15) is 39.6 Å². The Morgan fingerprint density at radius 1 is 0.306 bits per heavy atom. The summed E-state index contributed by atoms with van der Waals surface area (Å²) in [5.41, 5.74) is -2.83. The predicted molar refractivity (Wildman–Crippen MR) is 271 cm³/mol. The molecule has 6 atom stereocenters. The molecule has 0 aliphatic carbocycles. The number of carboxylic acids is 4. The van der Waals surface area contributed by atoms with Crippen LogP contribution in [-0.2, 0) is 0 Å². The van der Waals surface area contributed by atoms with Crippen LogP contribution in [0.4, 0.5) is 0 Å². The average Bonchev–Trinajstić information content (AvgIpc) is 3.95. The fourth-order valence-electron chi connectivity index (χ4n) is 10.5. The zero-order valence-corrected chi connectivity index (χ0v) is 39.0. The number of carboxylic acid groups (broad SMARTS) is 4. The molecule has 0 saturated carbocycles. The van der Waals surface area contributed by atoms with E-state index in [0.717, 1.165) is 0 Å². The maximum absolute atomic E-state index is 15.5. The van der Waals surface area contributed by atoms with Gasteiger partial charge in [-0.3, -0.25) is 19.2 Å². The molecule has 2 aliphatic rings. The molecule has 16 nitrogen and oxygen atoms in total. The molecule has 0 bridgehead atoms. The summed E-state index contributed by atoms with van der Waals surface area (Å²) in [6.45, 7) is 0. The van der Waals surface area contributed by atoms with Gasteiger partial charge in [-0.25, -0.2) is 37.9 Å². The summed E-state index contributed by atoms with van der Waals surface area (Å²) in [7, 11) is -4.74. The molecule has 72 heavy (non-hydrogen) atoms. The lowest BCUT2D eigenvalue weighted by atomic mass is 10.1. The van der Waals surface area contributed by atoms with Crippen LogP contribution in [0.2, 0.25) is 0 Å². The van der Waals surface area contributed by atoms with Crippen LogP contribution in [0.25, 0.3) is 21.5 Å². The smallest absolute Gasteiger partial charge is 0.336 e. The minimum absolute atomic E-state index is 0.0123. The lowest BCUT2D eigenvalue weighted by Crippen LogP contribution is -2.38. The molecule has 2 aliphatic heterocycles. The summed E-state index contributed by atoms with van der Waals surface area (Å²) in [6, 6.07) is 43.0. The van der Waals surface area contributed by atoms with E-state index in [1.54, 1.807) is 84.9 Å². The zero-order valence-electron chi connectivity index (χ0n) is 37.2. The number of aromatic carboxylic acids is 4. The Hall–Kier alpha value is -8.84. The van der Waals surface area contributed by atoms with Crippen molar-refractivity contribution in [1.29, 1.82) is 0 Å². The van der Waals surface area contributed by atoms with Crippen molar-refractivity contribution in [3.63, 3.8) is 0 Å². The van der Waals surface area contributed by atoms with Crippen LogP contribution in [0.15, 0.2) is 189 Å². The molecule has 0 radical (unpaired) electrons. The number of fused-ring (bicyclic) bond motifs is 4. The van der Waals surface area contributed by atoms with E-state index in [-0.39, 0.29) is 76.7 Å². The number of nitrogens with zero attached hydrogens (tertiary/aromatic N) is 4. The van der Waals surface area contributed by atoms with Crippen molar-refractivity contribution in [2.45, 2.75) is 23.1 Å². The highest BCUT2D eigenvalue weighted by molar-refractivity contribution is 7.67. The van der Waals surface area contributed by atoms with E-state index >= 15 is 19.2 Å². The minimum Gasteiger partial charge on any atom is -0.478 e. The third-order valence-electron chi connectivity index (χ3n) is 13.4. The monoisotopic (exact) mass is 994 g/mol. The van der Waals surface area contributed by atoms with E-state index < -0.39 is 85.1 Å². The van der Waals surface area contributed by atoms with Crippen LogP contribution in [0.1, 0.15) is 86.8 Å². The molecule has 0 spiro atoms. The van der Waals surface area contributed by atoms with Crippen LogP contribution in [0, 0.1) is 0 Å². The molecule has 354 valence electrons. The van der Waals surface area contributed by atoms with Gasteiger partial charge in [0.15, 0.2) is 0 Å². The third kappa shape index (κ3) is 6.82. The van der Waals surface area contributed by atoms with Crippen molar-refractivity contribution in [3.8, 4) is 0 Å². The van der Waals surface area contributed by atoms with Gasteiger partial charge in [-0.05, 0) is 97.2 Å². The summed E-state index contributed by atoms with van der Waals surface area (Å²) in [5.74, 6) is -10.7. The first-order valence-electron chi connectivity index (χ1n) is 22.3. The van der Waals surface area contributed by atoms with E-state index in [0.29, 0.717) is 0 Å². The molecule has 11 rings (SSSR count). The first-order chi connectivity index (χ1) is 34.8. The lowest BCUT2D eigenvalue weighted by molar-refractivity contribution is 0.0684. The Kier molecular flexibility index (Phi) is 11.1. The van der Waals surface area contributed by atoms with Gasteiger partial charge in [0.1, 0.15) is 23.1 Å². The van der Waals surface area contributed by atoms with Gasteiger partial charge in [-0.2, -0.15) is 0 Å². The Morgan fingerprint density at radius 2 is 0.528 bits per heavy atom. The molecule has 9 aromatic rings. The first-order valence-corrected chi connectivity index (χ1v) is 25.2. The van der Waals surface area contributed by atoms with E-state index in [1.807, 2.05) is 0 Å². The summed E-state index contributed by atoms with van der Waals surface area (Å²) in [6.07, 6.45) is 0. The number of hydrogen-bond acceptors (Lipinski definition) is 8. The molecule has 4 N–H and O–H groups in total. The Balaban J connectivity index is 1.33. The topological polar surface area (TPSA) is 237 Å². The minimum atomic E-state index is -2.37. The van der Waals surface area contributed by atoms with Gasteiger partial charge in [-0.1, -0.05) is 121 Å². The second-order valence-electron chi connectivity index (χ2n) is 17.1. The fourth-order valence-corrected chi connectivity index (χ4v) is 17.4. The van der Waals surface area contributed by atoms with Crippen molar-refractivity contribution >= 4 is 71.9 Å². The molecular weight excluding hydrogens is 959 g/mol. The highest BCUT2D eigenvalue weighted by Crippen LogP contribution is 2.70. The number of rotatable bonds is 10. The predicted octanol–water partition coefficient (Wildman–Crippen LogP) is 7.26. The summed E-state index contributed by atoms with van der Waals surface area (Å²) in [5, 5.41) is 43.7. The van der Waals surface area contributed by atoms with E-state index in [2.05, 4.69) is 0 Å². The maximum Gasteiger partial charge on any atom is 0.336 e. The van der Waals surface area contributed by atoms with Gasteiger partial charge < -0.3 is 20.4 Å². The molecule has 18 heteroatoms. The number of hydrogen-bond donors (Lipinski definition) is 4. The summed E-state index contributed by atoms with van der Waals surface area (Å²) < 4.78 is 4.90. The van der Waals surface area contributed by atoms with Crippen molar-refractivity contribution < 1.29 is 39.6 Å². The fraction of sp³-hybridized carbons (Fsp3) is 0.0741. The molecule has 4 heterocycles. The number of aromatic nitrogens is 4. The normalized spacial score (nSPS) is 18.9. The molecule has 0 amide bonds. The van der Waals surface area contributed by atoms with Crippen LogP contribution < -0.4 is 32.8 Å². The number of benzene rings is 7. The van der Waals surface area contributed by atoms with Crippen LogP contribution >= 0.6 is 15.8 Å². The molecule has 7 aromatic carbocycles. The average molecular weight is 995 g/mol. The number of carbonyl (C=O) groups is 4. The van der Waals surface area contributed by atoms with Crippen LogP contribution in [0.5, 0.6) is 0 Å². The molecule has 0 fully saturated rings. The van der Waals surface area contributed by atoms with Crippen molar-refractivity contribution in [1.82, 2.24) is 18.7 Å². The lowest BCUT2D eigenvalue weighted by Gasteiger charge is -2.31. The van der Waals surface area contributed by atoms with E-state index in [4.69, 9.17) is 0 Å². The Bertz CT molecular complexity index is 3830. The SMILES string of the molecule is O=C(O)c1ccccc1C1n2c(=O)c3ccccc3c(=O)n2[C@@H](c2ccccc2[C@@H]2n3c(=O)c4ccccc4c(=O)n3C(c3ccccc3C(=O)O)P2c2ccccc2C(=O)O)P1c1ccccc1C(=O)O. The molecular formula is C54H36N4O12P2. The summed E-state index contributed by atoms with van der Waals surface area (Å²) in [4.78, 5) is 115. The van der Waals surface area contributed by atoms with E-state index in [1.165, 1.54) is 104 Å². The van der Waals surface area contributed by atoms with Gasteiger partial charge in [0.2, 0.25) is 0 Å². The van der Waals surface area contributed by atoms with Crippen molar-refractivity contribution in [2.75, 3.05) is 0 Å². The largest absolute Gasteiger partial charge is 0.478 e. The van der Waals surface area contributed by atoms with Crippen LogP contribution in [0.3, 0.4) is 0 Å².